The summed E-state index contributed by atoms with van der Waals surface area (Å²) in [5.74, 6) is 1.92. The number of carbonyl (C=O) groups excluding carboxylic acids is 2. The third kappa shape index (κ3) is 4.49. The molecule has 0 radical (unpaired) electrons. The summed E-state index contributed by atoms with van der Waals surface area (Å²) in [6.45, 7) is 3.62. The number of nitrogens with zero attached hydrogens (tertiary/aromatic N) is 1. The average Bonchev–Trinajstić information content (AvgIpc) is 3.28. The zero-order valence-electron chi connectivity index (χ0n) is 20.3. The fourth-order valence-electron chi connectivity index (χ4n) is 7.22. The molecular weight excluding hydrogens is 450 g/mol. The molecule has 1 amide bonds. The van der Waals surface area contributed by atoms with Crippen molar-refractivity contribution in [3.63, 3.8) is 0 Å². The van der Waals surface area contributed by atoms with Crippen molar-refractivity contribution in [3.8, 4) is 0 Å². The van der Waals surface area contributed by atoms with Gasteiger partial charge in [-0.15, -0.1) is 11.8 Å². The second-order valence-corrected chi connectivity index (χ2v) is 12.1. The monoisotopic (exact) mass is 487 g/mol. The lowest BCUT2D eigenvalue weighted by molar-refractivity contribution is -0.142. The van der Waals surface area contributed by atoms with E-state index in [1.165, 1.54) is 7.11 Å². The van der Waals surface area contributed by atoms with Crippen molar-refractivity contribution in [1.29, 1.82) is 0 Å². The summed E-state index contributed by atoms with van der Waals surface area (Å²) in [5, 5.41) is 18.4. The lowest BCUT2D eigenvalue weighted by atomic mass is 9.52. The van der Waals surface area contributed by atoms with Gasteiger partial charge in [0.1, 0.15) is 5.03 Å². The highest BCUT2D eigenvalue weighted by atomic mass is 32.2. The number of rotatable bonds is 8. The number of hydrogen-bond acceptors (Lipinski definition) is 7. The molecule has 0 aromatic carbocycles. The molecule has 5 fully saturated rings. The van der Waals surface area contributed by atoms with E-state index < -0.39 is 11.0 Å². The first-order chi connectivity index (χ1) is 16.3. The Morgan fingerprint density at radius 2 is 2.03 bits per heavy atom. The highest BCUT2D eigenvalue weighted by molar-refractivity contribution is 7.99. The Bertz CT molecular complexity index is 932. The van der Waals surface area contributed by atoms with Gasteiger partial charge in [0, 0.05) is 23.7 Å². The molecule has 6 rings (SSSR count). The van der Waals surface area contributed by atoms with E-state index >= 15 is 0 Å². The lowest BCUT2D eigenvalue weighted by Gasteiger charge is -2.58. The number of thioether (sulfide) groups is 1. The maximum Gasteiger partial charge on any atom is 0.306 e. The van der Waals surface area contributed by atoms with E-state index in [-0.39, 0.29) is 24.3 Å². The van der Waals surface area contributed by atoms with E-state index in [4.69, 9.17) is 9.72 Å². The first-order valence-electron chi connectivity index (χ1n) is 12.8. The molecule has 4 saturated carbocycles. The maximum atomic E-state index is 13.5. The van der Waals surface area contributed by atoms with Crippen LogP contribution in [0, 0.1) is 17.8 Å². The minimum Gasteiger partial charge on any atom is -0.469 e. The SMILES string of the molecule is CCCSc1nc([C@]2(CC(=O)OC)CCNC2)ccc1C(=O)NC1C2CC3CC1CC(O)(C3)C2. The van der Waals surface area contributed by atoms with E-state index in [1.54, 1.807) is 11.8 Å². The molecule has 186 valence electrons. The summed E-state index contributed by atoms with van der Waals surface area (Å²) in [6.07, 6.45) is 6.86. The molecule has 2 unspecified atom stereocenters. The van der Waals surface area contributed by atoms with Crippen LogP contribution in [0.25, 0.3) is 0 Å². The van der Waals surface area contributed by atoms with Gasteiger partial charge >= 0.3 is 5.97 Å². The van der Waals surface area contributed by atoms with Crippen LogP contribution in [0.15, 0.2) is 17.2 Å². The molecule has 1 aromatic heterocycles. The summed E-state index contributed by atoms with van der Waals surface area (Å²) < 4.78 is 4.97. The summed E-state index contributed by atoms with van der Waals surface area (Å²) in [5.41, 5.74) is 0.566. The minimum absolute atomic E-state index is 0.0614. The van der Waals surface area contributed by atoms with Crippen LogP contribution in [-0.2, 0) is 14.9 Å². The number of esters is 1. The fraction of sp³-hybridized carbons (Fsp3) is 0.731. The second-order valence-electron chi connectivity index (χ2n) is 11.1. The van der Waals surface area contributed by atoms with Gasteiger partial charge in [-0.05, 0) is 87.1 Å². The van der Waals surface area contributed by atoms with E-state index in [9.17, 15) is 14.7 Å². The number of carbonyl (C=O) groups is 2. The van der Waals surface area contributed by atoms with E-state index in [0.717, 1.165) is 68.0 Å². The Hall–Kier alpha value is -1.64. The van der Waals surface area contributed by atoms with E-state index in [0.29, 0.717) is 29.9 Å². The Balaban J connectivity index is 1.39. The standard InChI is InChI=1S/C26H37N3O4S/c1-3-8-34-24-19(4-5-20(28-24)25(6-7-27-15-25)14-21(30)33-2)23(31)29-22-17-9-16-10-18(22)13-26(32,11-16)12-17/h4-5,16-18,22,27,32H,3,6-15H2,1-2H3,(H,29,31)/t16?,17?,18?,22?,25-,26?/m0/s1. The van der Waals surface area contributed by atoms with Gasteiger partial charge in [0.05, 0.1) is 24.7 Å². The number of ether oxygens (including phenoxy) is 1. The van der Waals surface area contributed by atoms with E-state index in [1.807, 2.05) is 12.1 Å². The Kier molecular flexibility index (Phi) is 6.68. The van der Waals surface area contributed by atoms with Crippen LogP contribution in [0.5, 0.6) is 0 Å². The van der Waals surface area contributed by atoms with Crippen molar-refractivity contribution >= 4 is 23.6 Å². The average molecular weight is 488 g/mol. The van der Waals surface area contributed by atoms with Crippen LogP contribution in [0.3, 0.4) is 0 Å². The van der Waals surface area contributed by atoms with Crippen LogP contribution in [0.4, 0.5) is 0 Å². The van der Waals surface area contributed by atoms with Gasteiger partial charge in [0.25, 0.3) is 5.91 Å². The number of aromatic nitrogens is 1. The van der Waals surface area contributed by atoms with Crippen LogP contribution in [0.1, 0.15) is 74.3 Å². The topological polar surface area (TPSA) is 101 Å². The van der Waals surface area contributed by atoms with Gasteiger partial charge in [-0.3, -0.25) is 9.59 Å². The van der Waals surface area contributed by atoms with Gasteiger partial charge in [0.15, 0.2) is 0 Å². The van der Waals surface area contributed by atoms with Gasteiger partial charge in [-0.25, -0.2) is 4.98 Å². The number of amides is 1. The van der Waals surface area contributed by atoms with Crippen molar-refractivity contribution < 1.29 is 19.4 Å². The largest absolute Gasteiger partial charge is 0.469 e. The zero-order valence-corrected chi connectivity index (χ0v) is 21.1. The molecule has 1 saturated heterocycles. The second kappa shape index (κ2) is 9.43. The van der Waals surface area contributed by atoms with Crippen molar-refractivity contribution in [2.75, 3.05) is 26.0 Å². The Labute approximate surface area is 206 Å². The van der Waals surface area contributed by atoms with Gasteiger partial charge in [-0.2, -0.15) is 0 Å². The number of pyridine rings is 1. The van der Waals surface area contributed by atoms with Crippen molar-refractivity contribution in [2.24, 2.45) is 17.8 Å². The minimum atomic E-state index is -0.508. The van der Waals surface area contributed by atoms with Crippen LogP contribution in [-0.4, -0.2) is 59.6 Å². The highest BCUT2D eigenvalue weighted by Gasteiger charge is 2.55. The van der Waals surface area contributed by atoms with Gasteiger partial charge in [-0.1, -0.05) is 6.92 Å². The normalized spacial score (nSPS) is 36.0. The molecule has 0 spiro atoms. The Morgan fingerprint density at radius 1 is 1.26 bits per heavy atom. The first kappa shape index (κ1) is 24.1. The zero-order chi connectivity index (χ0) is 23.9. The van der Waals surface area contributed by atoms with Crippen LogP contribution < -0.4 is 10.6 Å². The number of hydrogen-bond donors (Lipinski definition) is 3. The van der Waals surface area contributed by atoms with Crippen molar-refractivity contribution in [3.05, 3.63) is 23.4 Å². The van der Waals surface area contributed by atoms with Gasteiger partial charge in [0.2, 0.25) is 0 Å². The molecule has 3 N–H and O–H groups in total. The predicted octanol–water partition coefficient (Wildman–Crippen LogP) is 3.05. The lowest BCUT2D eigenvalue weighted by Crippen LogP contribution is -2.61. The Morgan fingerprint density at radius 3 is 2.65 bits per heavy atom. The molecule has 3 atom stereocenters. The molecule has 8 heteroatoms. The van der Waals surface area contributed by atoms with Gasteiger partial charge < -0.3 is 20.5 Å². The summed E-state index contributed by atoms with van der Waals surface area (Å²) >= 11 is 1.61. The molecule has 4 bridgehead atoms. The summed E-state index contributed by atoms with van der Waals surface area (Å²) in [6, 6.07) is 3.97. The molecule has 5 aliphatic rings. The van der Waals surface area contributed by atoms with Crippen LogP contribution >= 0.6 is 11.8 Å². The third-order valence-electron chi connectivity index (χ3n) is 8.58. The molecule has 7 nitrogen and oxygen atoms in total. The molecule has 4 aliphatic carbocycles. The van der Waals surface area contributed by atoms with Crippen LogP contribution in [0.2, 0.25) is 0 Å². The summed E-state index contributed by atoms with van der Waals surface area (Å²) in [7, 11) is 1.42. The van der Waals surface area contributed by atoms with E-state index in [2.05, 4.69) is 17.6 Å². The number of nitrogens with one attached hydrogen (secondary N) is 2. The fourth-order valence-corrected chi connectivity index (χ4v) is 8.09. The predicted molar refractivity (Wildman–Crippen MR) is 131 cm³/mol. The molecule has 1 aliphatic heterocycles. The number of methoxy groups -OCH3 is 1. The highest BCUT2D eigenvalue weighted by Crippen LogP contribution is 2.55. The molecule has 1 aromatic rings. The quantitative estimate of drug-likeness (QED) is 0.383. The molecular formula is C26H37N3O4S. The first-order valence-corrected chi connectivity index (χ1v) is 13.8. The smallest absolute Gasteiger partial charge is 0.306 e. The number of aliphatic hydroxyl groups is 1. The third-order valence-corrected chi connectivity index (χ3v) is 9.78. The maximum absolute atomic E-state index is 13.5. The van der Waals surface area contributed by atoms with Crippen molar-refractivity contribution in [2.45, 2.75) is 80.4 Å². The summed E-state index contributed by atoms with van der Waals surface area (Å²) in [4.78, 5) is 30.7. The van der Waals surface area contributed by atoms with Crippen molar-refractivity contribution in [1.82, 2.24) is 15.6 Å². The molecule has 34 heavy (non-hydrogen) atoms. The molecule has 2 heterocycles.